The van der Waals surface area contributed by atoms with Gasteiger partial charge in [0.2, 0.25) is 5.91 Å². The van der Waals surface area contributed by atoms with Gasteiger partial charge in [-0.3, -0.25) is 9.59 Å². The predicted octanol–water partition coefficient (Wildman–Crippen LogP) is -0.437. The van der Waals surface area contributed by atoms with E-state index in [0.717, 1.165) is 25.7 Å². The molecule has 8 nitrogen and oxygen atoms in total. The van der Waals surface area contributed by atoms with Gasteiger partial charge in [0, 0.05) is 0 Å². The zero-order chi connectivity index (χ0) is 16.3. The van der Waals surface area contributed by atoms with Crippen LogP contribution in [0, 0.1) is 11.8 Å². The number of nitrogens with one attached hydrogen (secondary N) is 1. The summed E-state index contributed by atoms with van der Waals surface area (Å²) < 4.78 is 5.72. The Morgan fingerprint density at radius 2 is 1.68 bits per heavy atom. The second-order valence-corrected chi connectivity index (χ2v) is 6.08. The van der Waals surface area contributed by atoms with Gasteiger partial charge in [0.25, 0.3) is 0 Å². The van der Waals surface area contributed by atoms with Crippen LogP contribution in [0.25, 0.3) is 0 Å². The number of hydrogen-bond donors (Lipinski definition) is 4. The average molecular weight is 314 g/mol. The third-order valence-electron chi connectivity index (χ3n) is 3.97. The second-order valence-electron chi connectivity index (χ2n) is 6.08. The molecule has 2 atom stereocenters. The summed E-state index contributed by atoms with van der Waals surface area (Å²) in [6.07, 6.45) is 3.95. The smallest absolute Gasteiger partial charge is 0.328 e. The summed E-state index contributed by atoms with van der Waals surface area (Å²) in [6.45, 7) is -0.126. The first-order chi connectivity index (χ1) is 10.4. The molecule has 124 valence electrons. The largest absolute Gasteiger partial charge is 0.481 e. The van der Waals surface area contributed by atoms with E-state index in [1.807, 2.05) is 0 Å². The molecule has 2 fully saturated rings. The van der Waals surface area contributed by atoms with Gasteiger partial charge in [-0.05, 0) is 37.5 Å². The van der Waals surface area contributed by atoms with E-state index in [1.165, 1.54) is 0 Å². The van der Waals surface area contributed by atoms with Crippen molar-refractivity contribution in [3.8, 4) is 0 Å². The van der Waals surface area contributed by atoms with E-state index in [2.05, 4.69) is 5.32 Å². The number of hydrogen-bond acceptors (Lipinski definition) is 5. The summed E-state index contributed by atoms with van der Waals surface area (Å²) in [5.41, 5.74) is 5.41. The molecule has 0 spiro atoms. The average Bonchev–Trinajstić information content (AvgIpc) is 3.29. The van der Waals surface area contributed by atoms with Crippen LogP contribution in [0.5, 0.6) is 0 Å². The molecule has 2 aliphatic rings. The first-order valence-electron chi connectivity index (χ1n) is 7.50. The number of carbonyl (C=O) groups excluding carboxylic acids is 1. The number of carboxylic acids is 2. The molecular formula is C14H22N2O6. The van der Waals surface area contributed by atoms with Crippen LogP contribution in [-0.4, -0.2) is 52.9 Å². The highest BCUT2D eigenvalue weighted by Crippen LogP contribution is 2.46. The molecular weight excluding hydrogens is 292 g/mol. The highest BCUT2D eigenvalue weighted by Gasteiger charge is 2.42. The fourth-order valence-corrected chi connectivity index (χ4v) is 2.45. The van der Waals surface area contributed by atoms with E-state index in [1.54, 1.807) is 0 Å². The molecule has 2 rings (SSSR count). The molecule has 2 saturated carbocycles. The van der Waals surface area contributed by atoms with E-state index in [0.29, 0.717) is 11.8 Å². The van der Waals surface area contributed by atoms with E-state index >= 15 is 0 Å². The van der Waals surface area contributed by atoms with Gasteiger partial charge in [-0.1, -0.05) is 0 Å². The molecule has 0 saturated heterocycles. The summed E-state index contributed by atoms with van der Waals surface area (Å²) in [5, 5.41) is 20.0. The minimum atomic E-state index is -1.28. The molecule has 0 heterocycles. The van der Waals surface area contributed by atoms with Crippen molar-refractivity contribution in [2.24, 2.45) is 17.6 Å². The molecule has 1 amide bonds. The van der Waals surface area contributed by atoms with Crippen molar-refractivity contribution in [2.45, 2.75) is 50.3 Å². The van der Waals surface area contributed by atoms with Crippen molar-refractivity contribution in [3.05, 3.63) is 0 Å². The van der Waals surface area contributed by atoms with Crippen LogP contribution >= 0.6 is 0 Å². The second kappa shape index (κ2) is 7.06. The van der Waals surface area contributed by atoms with Crippen molar-refractivity contribution in [2.75, 3.05) is 6.61 Å². The molecule has 22 heavy (non-hydrogen) atoms. The maximum absolute atomic E-state index is 11.7. The third kappa shape index (κ3) is 4.96. The number of nitrogens with two attached hydrogens (primary N) is 1. The highest BCUT2D eigenvalue weighted by molar-refractivity contribution is 5.89. The van der Waals surface area contributed by atoms with Gasteiger partial charge >= 0.3 is 11.9 Å². The first-order valence-corrected chi connectivity index (χ1v) is 7.50. The van der Waals surface area contributed by atoms with Crippen LogP contribution in [0.2, 0.25) is 0 Å². The molecule has 0 aromatic carbocycles. The standard InChI is InChI=1S/C14H22N2O6/c15-9(5-11(17)18)13(19)16-10(14(20)21)6-22-12(7-1-2-7)8-3-4-8/h7-10,12H,1-6,15H2,(H,16,19)(H,17,18)(H,20,21)/t9-,10-/m0/s1. The Hall–Kier alpha value is -1.67. The van der Waals surface area contributed by atoms with E-state index < -0.39 is 36.4 Å². The highest BCUT2D eigenvalue weighted by atomic mass is 16.5. The van der Waals surface area contributed by atoms with Crippen molar-refractivity contribution >= 4 is 17.8 Å². The lowest BCUT2D eigenvalue weighted by Crippen LogP contribution is -2.51. The van der Waals surface area contributed by atoms with Crippen LogP contribution in [0.4, 0.5) is 0 Å². The van der Waals surface area contributed by atoms with Crippen LogP contribution in [0.1, 0.15) is 32.1 Å². The quantitative estimate of drug-likeness (QED) is 0.429. The molecule has 0 aliphatic heterocycles. The molecule has 0 aromatic rings. The van der Waals surface area contributed by atoms with Crippen molar-refractivity contribution in [1.29, 1.82) is 0 Å². The normalized spacial score (nSPS) is 20.5. The summed E-state index contributed by atoms with van der Waals surface area (Å²) in [5.74, 6) is -2.22. The molecule has 2 aliphatic carbocycles. The van der Waals surface area contributed by atoms with E-state index in [4.69, 9.17) is 20.7 Å². The van der Waals surface area contributed by atoms with Crippen LogP contribution in [0.3, 0.4) is 0 Å². The van der Waals surface area contributed by atoms with Gasteiger partial charge < -0.3 is 26.0 Å². The lowest BCUT2D eigenvalue weighted by Gasteiger charge is -2.21. The molecule has 8 heteroatoms. The fraction of sp³-hybridized carbons (Fsp3) is 0.786. The van der Waals surface area contributed by atoms with E-state index in [-0.39, 0.29) is 12.7 Å². The van der Waals surface area contributed by atoms with Crippen molar-refractivity contribution < 1.29 is 29.3 Å². The molecule has 0 unspecified atom stereocenters. The Morgan fingerprint density at radius 1 is 1.14 bits per heavy atom. The minimum Gasteiger partial charge on any atom is -0.481 e. The third-order valence-corrected chi connectivity index (χ3v) is 3.97. The lowest BCUT2D eigenvalue weighted by atomic mass is 10.1. The monoisotopic (exact) mass is 314 g/mol. The predicted molar refractivity (Wildman–Crippen MR) is 75.0 cm³/mol. The summed E-state index contributed by atoms with van der Waals surface area (Å²) in [4.78, 5) is 33.4. The zero-order valence-corrected chi connectivity index (χ0v) is 12.2. The maximum atomic E-state index is 11.7. The van der Waals surface area contributed by atoms with Crippen LogP contribution < -0.4 is 11.1 Å². The number of ether oxygens (including phenoxy) is 1. The lowest BCUT2D eigenvalue weighted by molar-refractivity contribution is -0.145. The van der Waals surface area contributed by atoms with Gasteiger partial charge in [0.05, 0.1) is 25.2 Å². The molecule has 0 radical (unpaired) electrons. The zero-order valence-electron chi connectivity index (χ0n) is 12.2. The number of aliphatic carboxylic acids is 2. The topological polar surface area (TPSA) is 139 Å². The summed E-state index contributed by atoms with van der Waals surface area (Å²) in [6, 6.07) is -2.49. The minimum absolute atomic E-state index is 0.0754. The first kappa shape index (κ1) is 16.7. The molecule has 0 aromatic heterocycles. The maximum Gasteiger partial charge on any atom is 0.328 e. The van der Waals surface area contributed by atoms with Gasteiger partial charge in [0.1, 0.15) is 0 Å². The fourth-order valence-electron chi connectivity index (χ4n) is 2.45. The Balaban J connectivity index is 1.82. The Kier molecular flexibility index (Phi) is 5.36. The molecule has 5 N–H and O–H groups in total. The summed E-state index contributed by atoms with van der Waals surface area (Å²) in [7, 11) is 0. The Morgan fingerprint density at radius 3 is 2.09 bits per heavy atom. The van der Waals surface area contributed by atoms with Gasteiger partial charge in [-0.25, -0.2) is 4.79 Å². The SMILES string of the molecule is N[C@@H](CC(=O)O)C(=O)N[C@@H](COC(C1CC1)C1CC1)C(=O)O. The molecule has 0 bridgehead atoms. The van der Waals surface area contributed by atoms with Gasteiger partial charge in [-0.2, -0.15) is 0 Å². The Labute approximate surface area is 128 Å². The summed E-state index contributed by atoms with van der Waals surface area (Å²) >= 11 is 0. The van der Waals surface area contributed by atoms with Gasteiger partial charge in [-0.15, -0.1) is 0 Å². The van der Waals surface area contributed by atoms with Crippen LogP contribution in [-0.2, 0) is 19.1 Å². The number of rotatable bonds is 10. The number of amides is 1. The van der Waals surface area contributed by atoms with Gasteiger partial charge in [0.15, 0.2) is 6.04 Å². The Bertz CT molecular complexity index is 435. The van der Waals surface area contributed by atoms with E-state index in [9.17, 15) is 14.4 Å². The van der Waals surface area contributed by atoms with Crippen LogP contribution in [0.15, 0.2) is 0 Å². The number of carbonyl (C=O) groups is 3. The van der Waals surface area contributed by atoms with Crippen molar-refractivity contribution in [1.82, 2.24) is 5.32 Å². The number of carboxylic acid groups (broad SMARTS) is 2. The van der Waals surface area contributed by atoms with Crippen molar-refractivity contribution in [3.63, 3.8) is 0 Å².